The second-order valence-corrected chi connectivity index (χ2v) is 20.4. The molecule has 1 N–H and O–H groups in total. The van der Waals surface area contributed by atoms with Gasteiger partial charge in [0.25, 0.3) is 0 Å². The predicted octanol–water partition coefficient (Wildman–Crippen LogP) is 22.9. The standard InChI is InChI=1S/C42H30Cl2N2.C18H15N.C6H2Br2Cl2/c43-39-30-42(46(36-23-11-4-12-24-36)38-26-14-20-34(28-38)32-17-7-2-8-18-32)40(44)29-41(39)45(35-21-9-3-10-22-35)37-25-13-19-33(27-37)31-15-5-1-6-16-31;1-3-8-15(9-4-1)16-10-7-13-18(14-16)19-17-11-5-2-6-12-17;7-3-1-5(9)4(8)2-6(3)10/h1-30H;1-14,19H;1-2H. The number of halogens is 6. The third-order valence-electron chi connectivity index (χ3n) is 11.9. The largest absolute Gasteiger partial charge is 0.356 e. The molecule has 0 fully saturated rings. The van der Waals surface area contributed by atoms with Crippen molar-refractivity contribution >= 4 is 124 Å². The van der Waals surface area contributed by atoms with Gasteiger partial charge in [0.05, 0.1) is 31.5 Å². The number of hydrogen-bond acceptors (Lipinski definition) is 3. The zero-order valence-corrected chi connectivity index (χ0v) is 46.4. The highest BCUT2D eigenvalue weighted by atomic mass is 79.9. The maximum absolute atomic E-state index is 7.27. The van der Waals surface area contributed by atoms with E-state index in [9.17, 15) is 0 Å². The van der Waals surface area contributed by atoms with Crippen molar-refractivity contribution in [3.63, 3.8) is 0 Å². The van der Waals surface area contributed by atoms with Gasteiger partial charge in [-0.25, -0.2) is 0 Å². The Morgan fingerprint density at radius 1 is 0.253 bits per heavy atom. The molecule has 0 aliphatic carbocycles. The van der Waals surface area contributed by atoms with E-state index in [2.05, 4.69) is 229 Å². The van der Waals surface area contributed by atoms with Gasteiger partial charge in [0.1, 0.15) is 0 Å². The second kappa shape index (κ2) is 25.9. The zero-order valence-electron chi connectivity index (χ0n) is 40.2. The van der Waals surface area contributed by atoms with Gasteiger partial charge in [0, 0.05) is 43.1 Å². The van der Waals surface area contributed by atoms with E-state index in [1.807, 2.05) is 84.9 Å². The molecule has 75 heavy (non-hydrogen) atoms. The molecule has 0 heterocycles. The molecular formula is C66H47Br2Cl4N3. The van der Waals surface area contributed by atoms with Crippen LogP contribution >= 0.6 is 78.3 Å². The molecule has 0 spiro atoms. The number of benzene rings is 11. The Balaban J connectivity index is 0.000000193. The van der Waals surface area contributed by atoms with Gasteiger partial charge in [-0.15, -0.1) is 0 Å². The van der Waals surface area contributed by atoms with Crippen molar-refractivity contribution in [2.75, 3.05) is 15.1 Å². The van der Waals surface area contributed by atoms with E-state index in [4.69, 9.17) is 46.4 Å². The molecule has 9 heteroatoms. The summed E-state index contributed by atoms with van der Waals surface area (Å²) in [6, 6.07) is 94.7. The molecule has 0 saturated heterocycles. The van der Waals surface area contributed by atoms with Gasteiger partial charge in [-0.2, -0.15) is 0 Å². The van der Waals surface area contributed by atoms with Gasteiger partial charge >= 0.3 is 0 Å². The summed E-state index contributed by atoms with van der Waals surface area (Å²) < 4.78 is 1.62. The third-order valence-corrected chi connectivity index (χ3v) is 14.9. The van der Waals surface area contributed by atoms with Gasteiger partial charge in [0.2, 0.25) is 0 Å². The number of nitrogens with one attached hydrogen (secondary N) is 1. The fourth-order valence-corrected chi connectivity index (χ4v) is 10.1. The van der Waals surface area contributed by atoms with E-state index in [1.165, 1.54) is 11.1 Å². The quantitative estimate of drug-likeness (QED) is 0.130. The Morgan fingerprint density at radius 2 is 0.547 bits per heavy atom. The SMILES string of the molecule is Clc1cc(Br)c(Cl)cc1Br.Clc1cc(N(c2ccccc2)c2cccc(-c3ccccc3)c2)c(Cl)cc1N(c1ccccc1)c1cccc(-c2ccccc2)c1.c1ccc(Nc2cccc(-c3ccccc3)c2)cc1. The van der Waals surface area contributed by atoms with Crippen molar-refractivity contribution in [2.24, 2.45) is 0 Å². The number of para-hydroxylation sites is 3. The molecule has 0 radical (unpaired) electrons. The summed E-state index contributed by atoms with van der Waals surface area (Å²) in [7, 11) is 0. The van der Waals surface area contributed by atoms with Crippen LogP contribution in [0, 0.1) is 0 Å². The average Bonchev–Trinajstić information content (AvgIpc) is 3.46. The Hall–Kier alpha value is -7.06. The molecule has 11 aromatic rings. The summed E-state index contributed by atoms with van der Waals surface area (Å²) >= 11 is 32.5. The van der Waals surface area contributed by atoms with E-state index in [1.54, 1.807) is 12.1 Å². The van der Waals surface area contributed by atoms with Crippen LogP contribution in [0.4, 0.5) is 45.5 Å². The molecule has 3 nitrogen and oxygen atoms in total. The maximum Gasteiger partial charge on any atom is 0.0668 e. The molecule has 0 aliphatic rings. The van der Waals surface area contributed by atoms with Crippen LogP contribution in [0.3, 0.4) is 0 Å². The van der Waals surface area contributed by atoms with E-state index < -0.39 is 0 Å². The molecule has 11 rings (SSSR count). The first-order valence-electron chi connectivity index (χ1n) is 24.0. The topological polar surface area (TPSA) is 18.5 Å². The lowest BCUT2D eigenvalue weighted by atomic mass is 10.0. The van der Waals surface area contributed by atoms with Crippen LogP contribution in [0.1, 0.15) is 0 Å². The summed E-state index contributed by atoms with van der Waals surface area (Å²) in [6.45, 7) is 0. The molecule has 0 amide bonds. The zero-order chi connectivity index (χ0) is 51.9. The smallest absolute Gasteiger partial charge is 0.0668 e. The normalized spacial score (nSPS) is 10.5. The molecular weight excluding hydrogens is 1140 g/mol. The van der Waals surface area contributed by atoms with Gasteiger partial charge in [-0.05, 0) is 162 Å². The highest BCUT2D eigenvalue weighted by molar-refractivity contribution is 9.11. The van der Waals surface area contributed by atoms with Crippen molar-refractivity contribution in [1.82, 2.24) is 0 Å². The van der Waals surface area contributed by atoms with Crippen LogP contribution in [0.15, 0.2) is 288 Å². The van der Waals surface area contributed by atoms with E-state index in [0.717, 1.165) is 76.7 Å². The van der Waals surface area contributed by atoms with Crippen LogP contribution < -0.4 is 15.1 Å². The molecule has 11 aromatic carbocycles. The Morgan fingerprint density at radius 3 is 0.933 bits per heavy atom. The third kappa shape index (κ3) is 13.8. The highest BCUT2D eigenvalue weighted by Crippen LogP contribution is 2.47. The van der Waals surface area contributed by atoms with Crippen LogP contribution in [0.25, 0.3) is 33.4 Å². The molecule has 0 unspecified atom stereocenters. The number of rotatable bonds is 11. The molecule has 0 aliphatic heterocycles. The summed E-state index contributed by atoms with van der Waals surface area (Å²) in [5.74, 6) is 0. The summed E-state index contributed by atoms with van der Waals surface area (Å²) in [6.07, 6.45) is 0. The van der Waals surface area contributed by atoms with Crippen molar-refractivity contribution in [2.45, 2.75) is 0 Å². The fraction of sp³-hybridized carbons (Fsp3) is 0. The van der Waals surface area contributed by atoms with Gasteiger partial charge in [-0.1, -0.05) is 228 Å². The molecule has 0 bridgehead atoms. The molecule has 368 valence electrons. The molecule has 0 aromatic heterocycles. The van der Waals surface area contributed by atoms with Crippen LogP contribution in [0.2, 0.25) is 20.1 Å². The fourth-order valence-electron chi connectivity index (χ4n) is 8.38. The van der Waals surface area contributed by atoms with Gasteiger partial charge in [-0.3, -0.25) is 0 Å². The summed E-state index contributed by atoms with van der Waals surface area (Å²) in [5.41, 5.74) is 14.7. The average molecular weight is 1180 g/mol. The van der Waals surface area contributed by atoms with E-state index >= 15 is 0 Å². The molecule has 0 atom stereocenters. The van der Waals surface area contributed by atoms with E-state index in [0.29, 0.717) is 20.1 Å². The number of anilines is 8. The monoisotopic (exact) mass is 1180 g/mol. The summed E-state index contributed by atoms with van der Waals surface area (Å²) in [4.78, 5) is 4.32. The maximum atomic E-state index is 7.27. The van der Waals surface area contributed by atoms with Crippen molar-refractivity contribution in [1.29, 1.82) is 0 Å². The van der Waals surface area contributed by atoms with Crippen molar-refractivity contribution < 1.29 is 0 Å². The van der Waals surface area contributed by atoms with Gasteiger partial charge < -0.3 is 15.1 Å². The van der Waals surface area contributed by atoms with Crippen molar-refractivity contribution in [3.8, 4) is 33.4 Å². The van der Waals surface area contributed by atoms with Crippen LogP contribution in [0.5, 0.6) is 0 Å². The van der Waals surface area contributed by atoms with Gasteiger partial charge in [0.15, 0.2) is 0 Å². The molecule has 0 saturated carbocycles. The van der Waals surface area contributed by atoms with Crippen LogP contribution in [-0.2, 0) is 0 Å². The Labute approximate surface area is 476 Å². The van der Waals surface area contributed by atoms with Crippen molar-refractivity contribution in [3.05, 3.63) is 308 Å². The minimum absolute atomic E-state index is 0.577. The first-order chi connectivity index (χ1) is 36.7. The lowest BCUT2D eigenvalue weighted by molar-refractivity contribution is 1.26. The Kier molecular flexibility index (Phi) is 18.3. The second-order valence-electron chi connectivity index (χ2n) is 17.0. The minimum Gasteiger partial charge on any atom is -0.356 e. The lowest BCUT2D eigenvalue weighted by Crippen LogP contribution is -2.13. The number of hydrogen-bond donors (Lipinski definition) is 1. The summed E-state index contributed by atoms with van der Waals surface area (Å²) in [5, 5.41) is 5.87. The van der Waals surface area contributed by atoms with E-state index in [-0.39, 0.29) is 0 Å². The minimum atomic E-state index is 0.577. The van der Waals surface area contributed by atoms with Crippen LogP contribution in [-0.4, -0.2) is 0 Å². The Bertz CT molecular complexity index is 3390. The first kappa shape index (κ1) is 52.8. The predicted molar refractivity (Wildman–Crippen MR) is 330 cm³/mol. The highest BCUT2D eigenvalue weighted by Gasteiger charge is 2.23. The number of nitrogens with zero attached hydrogens (tertiary/aromatic N) is 2. The first-order valence-corrected chi connectivity index (χ1v) is 27.1. The lowest BCUT2D eigenvalue weighted by Gasteiger charge is -2.30.